The minimum Gasteiger partial charge on any atom is -0.497 e. The van der Waals surface area contributed by atoms with Gasteiger partial charge in [-0.25, -0.2) is 8.42 Å². The second kappa shape index (κ2) is 18.2. The molecule has 0 radical (unpaired) electrons. The summed E-state index contributed by atoms with van der Waals surface area (Å²) in [6, 6.07) is 31.3. The summed E-state index contributed by atoms with van der Waals surface area (Å²) in [5, 5.41) is 0. The van der Waals surface area contributed by atoms with E-state index in [-0.39, 0.29) is 23.4 Å². The molecule has 52 heavy (non-hydrogen) atoms. The van der Waals surface area contributed by atoms with Gasteiger partial charge in [-0.1, -0.05) is 66.2 Å². The fourth-order valence-corrected chi connectivity index (χ4v) is 8.80. The zero-order valence-electron chi connectivity index (χ0n) is 30.6. The third-order valence-electron chi connectivity index (χ3n) is 10.0. The molecule has 0 aromatic heterocycles. The van der Waals surface area contributed by atoms with Gasteiger partial charge in [-0.3, -0.25) is 0 Å². The fraction of sp³-hybridized carbons (Fsp3) is 0.429. The van der Waals surface area contributed by atoms with E-state index in [2.05, 4.69) is 35.2 Å². The van der Waals surface area contributed by atoms with Gasteiger partial charge in [-0.2, -0.15) is 4.31 Å². The van der Waals surface area contributed by atoms with Crippen LogP contribution >= 0.6 is 0 Å². The summed E-state index contributed by atoms with van der Waals surface area (Å²) >= 11 is 0. The molecule has 1 fully saturated rings. The van der Waals surface area contributed by atoms with Crippen LogP contribution in [0.25, 0.3) is 0 Å². The van der Waals surface area contributed by atoms with Crippen LogP contribution in [0.4, 0.5) is 5.69 Å². The van der Waals surface area contributed by atoms with Gasteiger partial charge in [0.1, 0.15) is 18.1 Å². The molecule has 6 rings (SSSR count). The van der Waals surface area contributed by atoms with Crippen LogP contribution in [-0.4, -0.2) is 85.2 Å². The second-order valence-electron chi connectivity index (χ2n) is 13.7. The van der Waals surface area contributed by atoms with E-state index in [1.54, 1.807) is 30.7 Å². The molecular weight excluding hydrogens is 677 g/mol. The van der Waals surface area contributed by atoms with Crippen molar-refractivity contribution in [3.05, 3.63) is 119 Å². The lowest BCUT2D eigenvalue weighted by Crippen LogP contribution is -2.54. The van der Waals surface area contributed by atoms with Crippen molar-refractivity contribution in [1.82, 2.24) is 4.31 Å². The van der Waals surface area contributed by atoms with Crippen LogP contribution in [0.3, 0.4) is 0 Å². The summed E-state index contributed by atoms with van der Waals surface area (Å²) in [4.78, 5) is 2.61. The van der Waals surface area contributed by atoms with Gasteiger partial charge in [0, 0.05) is 45.4 Å². The Balaban J connectivity index is 1.24. The summed E-state index contributed by atoms with van der Waals surface area (Å²) in [6.07, 6.45) is 2.82. The molecule has 10 heteroatoms. The summed E-state index contributed by atoms with van der Waals surface area (Å²) in [5.74, 6) is 1.56. The molecule has 0 unspecified atom stereocenters. The number of rotatable bonds is 17. The molecule has 1 saturated heterocycles. The third-order valence-corrected chi connectivity index (χ3v) is 12.0. The van der Waals surface area contributed by atoms with Crippen LogP contribution in [-0.2, 0) is 37.3 Å². The first kappa shape index (κ1) is 37.8. The Morgan fingerprint density at radius 2 is 1.65 bits per heavy atom. The quantitative estimate of drug-likeness (QED) is 0.107. The van der Waals surface area contributed by atoms with Crippen molar-refractivity contribution < 1.29 is 32.1 Å². The predicted octanol–water partition coefficient (Wildman–Crippen LogP) is 7.02. The van der Waals surface area contributed by atoms with Crippen molar-refractivity contribution in [2.24, 2.45) is 0 Å². The smallest absolute Gasteiger partial charge is 0.243 e. The highest BCUT2D eigenvalue weighted by Crippen LogP contribution is 2.39. The summed E-state index contributed by atoms with van der Waals surface area (Å²) in [6.45, 7) is 6.35. The maximum absolute atomic E-state index is 14.4. The van der Waals surface area contributed by atoms with Gasteiger partial charge < -0.3 is 28.6 Å². The predicted molar refractivity (Wildman–Crippen MR) is 204 cm³/mol. The standard InChI is InChI=1S/C42H52N2O7S/c1-32-12-19-38(20-13-32)52(45,46)44-29-42(51-30-34-14-21-41-40(27-34)43(23-26-50-41)22-8-24-47-2)39(35-15-17-37(48-3)18-16-35)28-36(44)31-49-25-7-11-33-9-5-4-6-10-33/h4-6,9-10,12-21,27,36,39,42H,7-8,11,22-26,28-31H2,1-3H3/t36-,39+,42-/m0/s1. The molecular formula is C42H52N2O7S. The zero-order chi connectivity index (χ0) is 36.3. The lowest BCUT2D eigenvalue weighted by atomic mass is 9.84. The fourth-order valence-electron chi connectivity index (χ4n) is 7.16. The van der Waals surface area contributed by atoms with E-state index < -0.39 is 16.1 Å². The van der Waals surface area contributed by atoms with E-state index in [4.69, 9.17) is 23.7 Å². The number of sulfonamides is 1. The Kier molecular flexibility index (Phi) is 13.2. The van der Waals surface area contributed by atoms with Crippen LogP contribution < -0.4 is 14.4 Å². The van der Waals surface area contributed by atoms with Gasteiger partial charge in [0.25, 0.3) is 0 Å². The molecule has 4 aromatic rings. The minimum atomic E-state index is -3.86. The molecule has 2 aliphatic rings. The van der Waals surface area contributed by atoms with Crippen molar-refractivity contribution in [2.75, 3.05) is 65.2 Å². The van der Waals surface area contributed by atoms with E-state index >= 15 is 0 Å². The van der Waals surface area contributed by atoms with Crippen molar-refractivity contribution in [2.45, 2.75) is 62.2 Å². The van der Waals surface area contributed by atoms with Gasteiger partial charge in [0.2, 0.25) is 10.0 Å². The number of anilines is 1. The molecule has 9 nitrogen and oxygen atoms in total. The Bertz CT molecular complexity index is 1800. The first-order chi connectivity index (χ1) is 25.4. The molecule has 0 N–H and O–H groups in total. The van der Waals surface area contributed by atoms with E-state index in [1.807, 2.05) is 61.5 Å². The lowest BCUT2D eigenvalue weighted by Gasteiger charge is -2.43. The Morgan fingerprint density at radius 3 is 2.40 bits per heavy atom. The van der Waals surface area contributed by atoms with Crippen LogP contribution in [0.1, 0.15) is 47.4 Å². The van der Waals surface area contributed by atoms with E-state index in [0.29, 0.717) is 39.5 Å². The van der Waals surface area contributed by atoms with Gasteiger partial charge in [0.05, 0.1) is 43.6 Å². The highest BCUT2D eigenvalue weighted by atomic mass is 32.2. The Labute approximate surface area is 309 Å². The maximum atomic E-state index is 14.4. The monoisotopic (exact) mass is 728 g/mol. The number of hydrogen-bond donors (Lipinski definition) is 0. The number of nitrogens with zero attached hydrogens (tertiary/aromatic N) is 2. The molecule has 278 valence electrons. The minimum absolute atomic E-state index is 0.0696. The topological polar surface area (TPSA) is 86.8 Å². The largest absolute Gasteiger partial charge is 0.497 e. The number of fused-ring (bicyclic) bond motifs is 1. The number of piperidine rings is 1. The van der Waals surface area contributed by atoms with E-state index in [1.165, 1.54) is 5.56 Å². The Morgan fingerprint density at radius 1 is 0.865 bits per heavy atom. The molecule has 4 aromatic carbocycles. The number of ether oxygens (including phenoxy) is 5. The van der Waals surface area contributed by atoms with Crippen molar-refractivity contribution in [3.8, 4) is 11.5 Å². The molecule has 0 bridgehead atoms. The zero-order valence-corrected chi connectivity index (χ0v) is 31.4. The van der Waals surface area contributed by atoms with Gasteiger partial charge in [-0.05, 0) is 85.7 Å². The molecule has 0 amide bonds. The molecule has 2 heterocycles. The van der Waals surface area contributed by atoms with Crippen LogP contribution in [0.15, 0.2) is 102 Å². The molecule has 2 aliphatic heterocycles. The normalized spacial score (nSPS) is 19.2. The molecule has 0 aliphatic carbocycles. The van der Waals surface area contributed by atoms with Gasteiger partial charge >= 0.3 is 0 Å². The lowest BCUT2D eigenvalue weighted by molar-refractivity contribution is -0.0339. The number of methoxy groups -OCH3 is 2. The van der Waals surface area contributed by atoms with E-state index in [0.717, 1.165) is 66.2 Å². The first-order valence-corrected chi connectivity index (χ1v) is 19.7. The third kappa shape index (κ3) is 9.53. The van der Waals surface area contributed by atoms with E-state index in [9.17, 15) is 8.42 Å². The second-order valence-corrected chi connectivity index (χ2v) is 15.5. The van der Waals surface area contributed by atoms with Gasteiger partial charge in [0.15, 0.2) is 0 Å². The number of benzene rings is 4. The van der Waals surface area contributed by atoms with Crippen LogP contribution in [0.2, 0.25) is 0 Å². The van der Waals surface area contributed by atoms with Crippen molar-refractivity contribution in [3.63, 3.8) is 0 Å². The maximum Gasteiger partial charge on any atom is 0.243 e. The first-order valence-electron chi connectivity index (χ1n) is 18.3. The molecule has 3 atom stereocenters. The molecule has 0 saturated carbocycles. The summed E-state index contributed by atoms with van der Waals surface area (Å²) in [7, 11) is -0.476. The van der Waals surface area contributed by atoms with Crippen LogP contribution in [0, 0.1) is 6.92 Å². The average Bonchev–Trinajstić information content (AvgIpc) is 3.17. The highest BCUT2D eigenvalue weighted by molar-refractivity contribution is 7.89. The Hall–Kier alpha value is -3.93. The van der Waals surface area contributed by atoms with Crippen molar-refractivity contribution >= 4 is 15.7 Å². The SMILES string of the molecule is COCCCN1CCOc2ccc(CO[C@H]3CN(S(=O)(=O)c4ccc(C)cc4)[C@H](COCCCc4ccccc4)C[C@@H]3c3ccc(OC)cc3)cc21. The molecule has 0 spiro atoms. The number of aryl methyl sites for hydroxylation is 2. The average molecular weight is 729 g/mol. The van der Waals surface area contributed by atoms with Gasteiger partial charge in [-0.15, -0.1) is 0 Å². The van der Waals surface area contributed by atoms with Crippen molar-refractivity contribution in [1.29, 1.82) is 0 Å². The van der Waals surface area contributed by atoms with Crippen LogP contribution in [0.5, 0.6) is 11.5 Å². The highest BCUT2D eigenvalue weighted by Gasteiger charge is 2.43. The number of hydrogen-bond acceptors (Lipinski definition) is 8. The summed E-state index contributed by atoms with van der Waals surface area (Å²) < 4.78 is 60.2. The summed E-state index contributed by atoms with van der Waals surface area (Å²) in [5.41, 5.74) is 5.40.